The summed E-state index contributed by atoms with van der Waals surface area (Å²) in [6.45, 7) is 0. The highest BCUT2D eigenvalue weighted by atomic mass is 19.1. The second kappa shape index (κ2) is 4.61. The van der Waals surface area contributed by atoms with Gasteiger partial charge in [0.2, 0.25) is 0 Å². The molecule has 1 saturated heterocycles. The van der Waals surface area contributed by atoms with Crippen molar-refractivity contribution in [1.29, 1.82) is 0 Å². The maximum Gasteiger partial charge on any atom is 0.322 e. The molecule has 1 N–H and O–H groups in total. The molecule has 0 bridgehead atoms. The zero-order valence-electron chi connectivity index (χ0n) is 9.07. The van der Waals surface area contributed by atoms with E-state index in [2.05, 4.69) is 10.1 Å². The number of esters is 1. The van der Waals surface area contributed by atoms with Gasteiger partial charge in [-0.3, -0.25) is 10.1 Å². The van der Waals surface area contributed by atoms with Gasteiger partial charge in [-0.05, 0) is 30.5 Å². The van der Waals surface area contributed by atoms with E-state index in [1.165, 1.54) is 19.2 Å². The fourth-order valence-electron chi connectivity index (χ4n) is 2.06. The lowest BCUT2D eigenvalue weighted by Crippen LogP contribution is -2.33. The summed E-state index contributed by atoms with van der Waals surface area (Å²) in [5, 5.41) is 3.14. The average Bonchev–Trinajstić information content (AvgIpc) is 2.77. The maximum absolute atomic E-state index is 13.0. The fraction of sp³-hybridized carbons (Fsp3) is 0.417. The van der Waals surface area contributed by atoms with Gasteiger partial charge in [0.15, 0.2) is 0 Å². The molecule has 2 atom stereocenters. The Kier molecular flexibility index (Phi) is 3.19. The van der Waals surface area contributed by atoms with Crippen molar-refractivity contribution in [3.63, 3.8) is 0 Å². The molecule has 0 aliphatic carbocycles. The fourth-order valence-corrected chi connectivity index (χ4v) is 2.06. The van der Waals surface area contributed by atoms with Crippen molar-refractivity contribution in [2.24, 2.45) is 0 Å². The van der Waals surface area contributed by atoms with Gasteiger partial charge in [0.25, 0.3) is 0 Å². The number of carbonyl (C=O) groups is 1. The third-order valence-electron chi connectivity index (χ3n) is 2.88. The highest BCUT2D eigenvalue weighted by molar-refractivity contribution is 5.76. The highest BCUT2D eigenvalue weighted by Gasteiger charge is 2.30. The first-order valence-corrected chi connectivity index (χ1v) is 5.30. The third kappa shape index (κ3) is 2.22. The molecule has 1 fully saturated rings. The zero-order valence-corrected chi connectivity index (χ0v) is 9.07. The maximum atomic E-state index is 13.0. The van der Waals surface area contributed by atoms with E-state index in [1.54, 1.807) is 6.07 Å². The van der Waals surface area contributed by atoms with Crippen molar-refractivity contribution in [3.05, 3.63) is 35.6 Å². The Morgan fingerprint density at radius 3 is 3.00 bits per heavy atom. The summed E-state index contributed by atoms with van der Waals surface area (Å²) in [6.07, 6.45) is 1.55. The van der Waals surface area contributed by atoms with E-state index in [9.17, 15) is 9.18 Å². The third-order valence-corrected chi connectivity index (χ3v) is 2.88. The Labute approximate surface area is 93.6 Å². The van der Waals surface area contributed by atoms with Gasteiger partial charge in [0.05, 0.1) is 7.11 Å². The van der Waals surface area contributed by atoms with E-state index in [0.29, 0.717) is 0 Å². The highest BCUT2D eigenvalue weighted by Crippen LogP contribution is 2.27. The van der Waals surface area contributed by atoms with Crippen LogP contribution in [0.2, 0.25) is 0 Å². The van der Waals surface area contributed by atoms with E-state index < -0.39 is 0 Å². The first kappa shape index (κ1) is 11.1. The number of halogens is 1. The Morgan fingerprint density at radius 1 is 1.50 bits per heavy atom. The van der Waals surface area contributed by atoms with Crippen LogP contribution < -0.4 is 5.32 Å². The number of rotatable bonds is 2. The lowest BCUT2D eigenvalue weighted by Gasteiger charge is -2.13. The zero-order chi connectivity index (χ0) is 11.5. The monoisotopic (exact) mass is 223 g/mol. The Morgan fingerprint density at radius 2 is 2.31 bits per heavy atom. The second-order valence-electron chi connectivity index (χ2n) is 3.93. The molecule has 1 aliphatic rings. The van der Waals surface area contributed by atoms with Crippen molar-refractivity contribution in [2.45, 2.75) is 24.9 Å². The van der Waals surface area contributed by atoms with Crippen LogP contribution in [-0.4, -0.2) is 19.1 Å². The topological polar surface area (TPSA) is 38.3 Å². The molecule has 1 aromatic rings. The minimum Gasteiger partial charge on any atom is -0.468 e. The number of ether oxygens (including phenoxy) is 1. The molecule has 0 spiro atoms. The molecule has 0 radical (unpaired) electrons. The van der Waals surface area contributed by atoms with E-state index in [4.69, 9.17) is 0 Å². The van der Waals surface area contributed by atoms with Gasteiger partial charge in [-0.15, -0.1) is 0 Å². The summed E-state index contributed by atoms with van der Waals surface area (Å²) in [5.41, 5.74) is 0.881. The molecule has 4 heteroatoms. The van der Waals surface area contributed by atoms with Crippen LogP contribution in [-0.2, 0) is 9.53 Å². The lowest BCUT2D eigenvalue weighted by molar-refractivity contribution is -0.142. The minimum atomic E-state index is -0.265. The van der Waals surface area contributed by atoms with Crippen LogP contribution in [0.1, 0.15) is 24.4 Å². The Hall–Kier alpha value is -1.42. The molecular weight excluding hydrogens is 209 g/mol. The molecule has 16 heavy (non-hydrogen) atoms. The van der Waals surface area contributed by atoms with Crippen LogP contribution >= 0.6 is 0 Å². The summed E-state index contributed by atoms with van der Waals surface area (Å²) in [5.74, 6) is -0.500. The predicted molar refractivity (Wildman–Crippen MR) is 57.3 cm³/mol. The predicted octanol–water partition coefficient (Wildman–Crippen LogP) is 1.79. The summed E-state index contributed by atoms with van der Waals surface area (Å²) < 4.78 is 17.7. The SMILES string of the molecule is COC(=O)C1CCC(c2cccc(F)c2)N1. The molecule has 0 saturated carbocycles. The Bertz CT molecular complexity index is 394. The quantitative estimate of drug-likeness (QED) is 0.777. The molecule has 2 rings (SSSR count). The summed E-state index contributed by atoms with van der Waals surface area (Å²) in [7, 11) is 1.37. The van der Waals surface area contributed by atoms with Crippen LogP contribution in [0.15, 0.2) is 24.3 Å². The van der Waals surface area contributed by atoms with Gasteiger partial charge in [0.1, 0.15) is 11.9 Å². The van der Waals surface area contributed by atoms with Crippen LogP contribution in [0.5, 0.6) is 0 Å². The van der Waals surface area contributed by atoms with Crippen LogP contribution in [0, 0.1) is 5.82 Å². The molecule has 1 aliphatic heterocycles. The van der Waals surface area contributed by atoms with Crippen LogP contribution in [0.4, 0.5) is 4.39 Å². The standard InChI is InChI=1S/C12H14FNO2/c1-16-12(15)11-6-5-10(14-11)8-3-2-4-9(13)7-8/h2-4,7,10-11,14H,5-6H2,1H3. The number of hydrogen-bond acceptors (Lipinski definition) is 3. The summed E-state index contributed by atoms with van der Waals surface area (Å²) >= 11 is 0. The first-order chi connectivity index (χ1) is 7.70. The van der Waals surface area contributed by atoms with Crippen molar-refractivity contribution in [1.82, 2.24) is 5.32 Å². The largest absolute Gasteiger partial charge is 0.468 e. The number of nitrogens with one attached hydrogen (secondary N) is 1. The minimum absolute atomic E-state index is 0.0415. The van der Waals surface area contributed by atoms with Crippen molar-refractivity contribution < 1.29 is 13.9 Å². The van der Waals surface area contributed by atoms with E-state index >= 15 is 0 Å². The normalized spacial score (nSPS) is 24.4. The molecule has 0 amide bonds. The lowest BCUT2D eigenvalue weighted by atomic mass is 10.1. The Balaban J connectivity index is 2.06. The summed E-state index contributed by atoms with van der Waals surface area (Å²) in [6, 6.07) is 6.23. The number of methoxy groups -OCH3 is 1. The molecular formula is C12H14FNO2. The van der Waals surface area contributed by atoms with E-state index in [0.717, 1.165) is 18.4 Å². The summed E-state index contributed by atoms with van der Waals surface area (Å²) in [4.78, 5) is 11.3. The van der Waals surface area contributed by atoms with Gasteiger partial charge < -0.3 is 4.74 Å². The van der Waals surface area contributed by atoms with Gasteiger partial charge >= 0.3 is 5.97 Å². The molecule has 0 aromatic heterocycles. The average molecular weight is 223 g/mol. The van der Waals surface area contributed by atoms with Gasteiger partial charge in [-0.1, -0.05) is 12.1 Å². The smallest absolute Gasteiger partial charge is 0.322 e. The molecule has 1 aromatic carbocycles. The van der Waals surface area contributed by atoms with Crippen LogP contribution in [0.3, 0.4) is 0 Å². The second-order valence-corrected chi connectivity index (χ2v) is 3.93. The molecule has 1 heterocycles. The van der Waals surface area contributed by atoms with E-state index in [1.807, 2.05) is 6.07 Å². The van der Waals surface area contributed by atoms with Crippen molar-refractivity contribution in [2.75, 3.05) is 7.11 Å². The van der Waals surface area contributed by atoms with Crippen LogP contribution in [0.25, 0.3) is 0 Å². The molecule has 2 unspecified atom stereocenters. The number of hydrogen-bond donors (Lipinski definition) is 1. The van der Waals surface area contributed by atoms with Gasteiger partial charge in [0, 0.05) is 6.04 Å². The van der Waals surface area contributed by atoms with Gasteiger partial charge in [-0.2, -0.15) is 0 Å². The molecule has 86 valence electrons. The number of benzene rings is 1. The molecule has 3 nitrogen and oxygen atoms in total. The first-order valence-electron chi connectivity index (χ1n) is 5.30. The number of carbonyl (C=O) groups excluding carboxylic acids is 1. The van der Waals surface area contributed by atoms with Crippen molar-refractivity contribution in [3.8, 4) is 0 Å². The van der Waals surface area contributed by atoms with Gasteiger partial charge in [-0.25, -0.2) is 4.39 Å². The van der Waals surface area contributed by atoms with Crippen molar-refractivity contribution >= 4 is 5.97 Å². The van der Waals surface area contributed by atoms with E-state index in [-0.39, 0.29) is 23.9 Å².